The van der Waals surface area contributed by atoms with Crippen LogP contribution in [0.15, 0.2) is 0 Å². The molecular formula is C12H25NO2. The van der Waals surface area contributed by atoms with E-state index in [4.69, 9.17) is 10.5 Å². The van der Waals surface area contributed by atoms with E-state index in [1.807, 2.05) is 0 Å². The van der Waals surface area contributed by atoms with Crippen molar-refractivity contribution >= 4 is 0 Å². The Morgan fingerprint density at radius 2 is 2.00 bits per heavy atom. The Kier molecular flexibility index (Phi) is 4.56. The van der Waals surface area contributed by atoms with E-state index in [1.165, 1.54) is 0 Å². The molecule has 1 saturated carbocycles. The van der Waals surface area contributed by atoms with Crippen LogP contribution >= 0.6 is 0 Å². The molecule has 1 fully saturated rings. The summed E-state index contributed by atoms with van der Waals surface area (Å²) in [5, 5.41) is 10.2. The Balaban J connectivity index is 2.27. The zero-order valence-electron chi connectivity index (χ0n) is 10.2. The van der Waals surface area contributed by atoms with Crippen LogP contribution in [-0.2, 0) is 4.74 Å². The quantitative estimate of drug-likeness (QED) is 0.677. The lowest BCUT2D eigenvalue weighted by atomic mass is 9.99. The molecule has 1 aliphatic rings. The molecular weight excluding hydrogens is 190 g/mol. The number of nitrogens with two attached hydrogens (primary N) is 1. The van der Waals surface area contributed by atoms with Crippen LogP contribution in [0.2, 0.25) is 0 Å². The van der Waals surface area contributed by atoms with E-state index < -0.39 is 5.60 Å². The molecule has 0 aromatic rings. The molecule has 0 saturated heterocycles. The monoisotopic (exact) mass is 215 g/mol. The van der Waals surface area contributed by atoms with E-state index in [1.54, 1.807) is 0 Å². The van der Waals surface area contributed by atoms with Crippen molar-refractivity contribution < 1.29 is 9.84 Å². The maximum Gasteiger partial charge on any atom is 0.103 e. The highest BCUT2D eigenvalue weighted by Gasteiger charge is 2.43. The van der Waals surface area contributed by atoms with Crippen LogP contribution in [-0.4, -0.2) is 30.0 Å². The highest BCUT2D eigenvalue weighted by Crippen LogP contribution is 2.39. The van der Waals surface area contributed by atoms with Gasteiger partial charge in [-0.1, -0.05) is 13.8 Å². The normalized spacial score (nSPS) is 22.8. The summed E-state index contributed by atoms with van der Waals surface area (Å²) >= 11 is 0. The molecule has 0 aromatic heterocycles. The average molecular weight is 215 g/mol. The van der Waals surface area contributed by atoms with Crippen LogP contribution in [0, 0.1) is 11.8 Å². The minimum absolute atomic E-state index is 0.210. The van der Waals surface area contributed by atoms with Gasteiger partial charge in [-0.25, -0.2) is 0 Å². The summed E-state index contributed by atoms with van der Waals surface area (Å²) in [6, 6.07) is 0. The van der Waals surface area contributed by atoms with Gasteiger partial charge in [-0.3, -0.25) is 0 Å². The van der Waals surface area contributed by atoms with Crippen molar-refractivity contribution in [1.82, 2.24) is 0 Å². The van der Waals surface area contributed by atoms with E-state index in [9.17, 15) is 5.11 Å². The molecule has 0 aromatic carbocycles. The fraction of sp³-hybridized carbons (Fsp3) is 1.00. The highest BCUT2D eigenvalue weighted by atomic mass is 16.5. The lowest BCUT2D eigenvalue weighted by Gasteiger charge is -2.28. The fourth-order valence-electron chi connectivity index (χ4n) is 1.98. The first kappa shape index (κ1) is 12.9. The van der Waals surface area contributed by atoms with Gasteiger partial charge in [0.15, 0.2) is 0 Å². The van der Waals surface area contributed by atoms with Crippen LogP contribution in [0.25, 0.3) is 0 Å². The van der Waals surface area contributed by atoms with Gasteiger partial charge < -0.3 is 15.6 Å². The lowest BCUT2D eigenvalue weighted by Crippen LogP contribution is -2.45. The van der Waals surface area contributed by atoms with Gasteiger partial charge in [0.1, 0.15) is 5.60 Å². The standard InChI is InChI=1S/C12H25NO2/c1-9(2)6-10(3)15-8-12(14,7-13)11-4-5-11/h9-11,14H,4-8,13H2,1-3H3. The fourth-order valence-corrected chi connectivity index (χ4v) is 1.98. The summed E-state index contributed by atoms with van der Waals surface area (Å²) in [5.41, 5.74) is 4.83. The third-order valence-electron chi connectivity index (χ3n) is 3.11. The molecule has 1 rings (SSSR count). The van der Waals surface area contributed by atoms with Crippen LogP contribution in [0.1, 0.15) is 40.0 Å². The number of hydrogen-bond donors (Lipinski definition) is 2. The first-order chi connectivity index (χ1) is 6.98. The van der Waals surface area contributed by atoms with E-state index in [-0.39, 0.29) is 6.10 Å². The van der Waals surface area contributed by atoms with E-state index in [0.717, 1.165) is 19.3 Å². The Bertz CT molecular complexity index is 192. The van der Waals surface area contributed by atoms with E-state index in [2.05, 4.69) is 20.8 Å². The maximum absolute atomic E-state index is 10.2. The first-order valence-electron chi connectivity index (χ1n) is 6.02. The number of rotatable bonds is 7. The van der Waals surface area contributed by atoms with Crippen molar-refractivity contribution in [2.24, 2.45) is 17.6 Å². The van der Waals surface area contributed by atoms with Crippen molar-refractivity contribution in [2.45, 2.75) is 51.7 Å². The predicted molar refractivity (Wildman–Crippen MR) is 61.6 cm³/mol. The molecule has 90 valence electrons. The van der Waals surface area contributed by atoms with Gasteiger partial charge in [-0.05, 0) is 38.0 Å². The zero-order chi connectivity index (χ0) is 11.5. The molecule has 1 aliphatic carbocycles. The average Bonchev–Trinajstić information content (AvgIpc) is 2.96. The summed E-state index contributed by atoms with van der Waals surface area (Å²) in [4.78, 5) is 0. The maximum atomic E-state index is 10.2. The molecule has 3 N–H and O–H groups in total. The van der Waals surface area contributed by atoms with E-state index in [0.29, 0.717) is 25.0 Å². The Morgan fingerprint density at radius 1 is 1.40 bits per heavy atom. The van der Waals surface area contributed by atoms with Crippen LogP contribution in [0.3, 0.4) is 0 Å². The summed E-state index contributed by atoms with van der Waals surface area (Å²) in [7, 11) is 0. The molecule has 15 heavy (non-hydrogen) atoms. The molecule has 0 radical (unpaired) electrons. The van der Waals surface area contributed by atoms with Crippen LogP contribution in [0.4, 0.5) is 0 Å². The Labute approximate surface area is 93.0 Å². The van der Waals surface area contributed by atoms with Gasteiger partial charge in [-0.2, -0.15) is 0 Å². The van der Waals surface area contributed by atoms with Crippen molar-refractivity contribution in [2.75, 3.05) is 13.2 Å². The molecule has 2 atom stereocenters. The second-order valence-corrected chi connectivity index (χ2v) is 5.33. The van der Waals surface area contributed by atoms with Gasteiger partial charge in [0.25, 0.3) is 0 Å². The number of aliphatic hydroxyl groups is 1. The SMILES string of the molecule is CC(C)CC(C)OCC(O)(CN)C1CC1. The summed E-state index contributed by atoms with van der Waals surface area (Å²) in [6.07, 6.45) is 3.43. The minimum atomic E-state index is -0.773. The zero-order valence-corrected chi connectivity index (χ0v) is 10.2. The molecule has 0 amide bonds. The third-order valence-corrected chi connectivity index (χ3v) is 3.11. The summed E-state index contributed by atoms with van der Waals surface area (Å²) in [6.45, 7) is 7.11. The Hall–Kier alpha value is -0.120. The largest absolute Gasteiger partial charge is 0.386 e. The topological polar surface area (TPSA) is 55.5 Å². The van der Waals surface area contributed by atoms with Gasteiger partial charge >= 0.3 is 0 Å². The van der Waals surface area contributed by atoms with Crippen LogP contribution < -0.4 is 5.73 Å². The van der Waals surface area contributed by atoms with Crippen molar-refractivity contribution in [3.8, 4) is 0 Å². The van der Waals surface area contributed by atoms with Gasteiger partial charge in [0, 0.05) is 6.54 Å². The predicted octanol–water partition coefficient (Wildman–Crippen LogP) is 1.54. The van der Waals surface area contributed by atoms with Gasteiger partial charge in [0.2, 0.25) is 0 Å². The molecule has 3 heteroatoms. The van der Waals surface area contributed by atoms with E-state index >= 15 is 0 Å². The van der Waals surface area contributed by atoms with Crippen molar-refractivity contribution in [3.63, 3.8) is 0 Å². The van der Waals surface area contributed by atoms with Crippen molar-refractivity contribution in [3.05, 3.63) is 0 Å². The van der Waals surface area contributed by atoms with Gasteiger partial charge in [-0.15, -0.1) is 0 Å². The second kappa shape index (κ2) is 5.28. The minimum Gasteiger partial charge on any atom is -0.386 e. The molecule has 0 heterocycles. The lowest BCUT2D eigenvalue weighted by molar-refractivity contribution is -0.0793. The van der Waals surface area contributed by atoms with Crippen molar-refractivity contribution in [1.29, 1.82) is 0 Å². The second-order valence-electron chi connectivity index (χ2n) is 5.33. The van der Waals surface area contributed by atoms with Crippen LogP contribution in [0.5, 0.6) is 0 Å². The summed E-state index contributed by atoms with van der Waals surface area (Å²) in [5.74, 6) is 1.00. The smallest absolute Gasteiger partial charge is 0.103 e. The molecule has 3 nitrogen and oxygen atoms in total. The molecule has 0 aliphatic heterocycles. The summed E-state index contributed by atoms with van der Waals surface area (Å²) < 4.78 is 5.68. The molecule has 0 spiro atoms. The Morgan fingerprint density at radius 3 is 2.40 bits per heavy atom. The molecule has 2 unspecified atom stereocenters. The first-order valence-corrected chi connectivity index (χ1v) is 6.02. The molecule has 0 bridgehead atoms. The highest BCUT2D eigenvalue weighted by molar-refractivity contribution is 4.95. The third kappa shape index (κ3) is 4.09. The van der Waals surface area contributed by atoms with Gasteiger partial charge in [0.05, 0.1) is 12.7 Å². The number of ether oxygens (including phenoxy) is 1. The number of hydrogen-bond acceptors (Lipinski definition) is 3.